The lowest BCUT2D eigenvalue weighted by atomic mass is 9.79. The molecule has 34 heavy (non-hydrogen) atoms. The average molecular weight is 469 g/mol. The Morgan fingerprint density at radius 3 is 2.50 bits per heavy atom. The highest BCUT2D eigenvalue weighted by atomic mass is 16.5. The van der Waals surface area contributed by atoms with Gasteiger partial charge in [0.1, 0.15) is 6.10 Å². The normalized spacial score (nSPS) is 22.0. The average Bonchev–Trinajstić information content (AvgIpc) is 2.83. The van der Waals surface area contributed by atoms with Crippen molar-refractivity contribution in [2.75, 3.05) is 27.3 Å². The van der Waals surface area contributed by atoms with Gasteiger partial charge in [-0.3, -0.25) is 9.88 Å². The van der Waals surface area contributed by atoms with Gasteiger partial charge < -0.3 is 19.3 Å². The summed E-state index contributed by atoms with van der Waals surface area (Å²) in [6.07, 6.45) is 4.82. The molecule has 1 fully saturated rings. The number of esters is 1. The van der Waals surface area contributed by atoms with Crippen molar-refractivity contribution in [3.05, 3.63) is 52.8 Å². The van der Waals surface area contributed by atoms with Crippen molar-refractivity contribution in [1.29, 1.82) is 0 Å². The molecule has 2 aromatic rings. The van der Waals surface area contributed by atoms with Gasteiger partial charge in [-0.25, -0.2) is 9.59 Å². The number of hydrogen-bond acceptors (Lipinski definition) is 7. The van der Waals surface area contributed by atoms with Crippen LogP contribution in [0.4, 0.5) is 0 Å². The van der Waals surface area contributed by atoms with Crippen LogP contribution < -0.4 is 9.47 Å². The lowest BCUT2D eigenvalue weighted by Crippen LogP contribution is -2.49. The predicted molar refractivity (Wildman–Crippen MR) is 126 cm³/mol. The lowest BCUT2D eigenvalue weighted by molar-refractivity contribution is -0.0417. The smallest absolute Gasteiger partial charge is 0.340 e. The van der Waals surface area contributed by atoms with Gasteiger partial charge in [-0.05, 0) is 48.1 Å². The SMILES string of the molecule is COc1cc2c(cc1OC)[C@H]1C[C@@H](OC(=O)c3cncc(C(=O)O)c3)[C@H](CC(C)C)CN1CC2. The summed E-state index contributed by atoms with van der Waals surface area (Å²) in [6, 6.07) is 5.52. The van der Waals surface area contributed by atoms with E-state index in [1.165, 1.54) is 29.6 Å². The molecule has 0 unspecified atom stereocenters. The number of nitrogens with zero attached hydrogens (tertiary/aromatic N) is 2. The number of aromatic carboxylic acids is 1. The second kappa shape index (κ2) is 10.0. The van der Waals surface area contributed by atoms with Crippen LogP contribution in [0.5, 0.6) is 11.5 Å². The minimum atomic E-state index is -1.13. The topological polar surface area (TPSA) is 98.2 Å². The van der Waals surface area contributed by atoms with E-state index in [2.05, 4.69) is 29.8 Å². The molecule has 182 valence electrons. The molecule has 3 heterocycles. The summed E-state index contributed by atoms with van der Waals surface area (Å²) in [5.74, 6) is 0.399. The number of hydrogen-bond donors (Lipinski definition) is 1. The molecular weight excluding hydrogens is 436 g/mol. The van der Waals surface area contributed by atoms with Crippen LogP contribution in [0.2, 0.25) is 0 Å². The monoisotopic (exact) mass is 468 g/mol. The van der Waals surface area contributed by atoms with E-state index in [0.717, 1.165) is 31.7 Å². The van der Waals surface area contributed by atoms with Crippen molar-refractivity contribution in [2.45, 2.75) is 45.3 Å². The van der Waals surface area contributed by atoms with E-state index in [1.807, 2.05) is 6.07 Å². The second-order valence-corrected chi connectivity index (χ2v) is 9.50. The first-order chi connectivity index (χ1) is 16.3. The number of carbonyl (C=O) groups is 2. The van der Waals surface area contributed by atoms with E-state index in [-0.39, 0.29) is 29.2 Å². The Hall–Kier alpha value is -3.13. The largest absolute Gasteiger partial charge is 0.493 e. The Morgan fingerprint density at radius 2 is 1.82 bits per heavy atom. The molecule has 1 aromatic heterocycles. The minimum Gasteiger partial charge on any atom is -0.493 e. The summed E-state index contributed by atoms with van der Waals surface area (Å²) in [5, 5.41) is 9.24. The van der Waals surface area contributed by atoms with E-state index in [9.17, 15) is 14.7 Å². The third-order valence-corrected chi connectivity index (χ3v) is 6.82. The zero-order valence-corrected chi connectivity index (χ0v) is 20.1. The molecule has 1 aromatic carbocycles. The highest BCUT2D eigenvalue weighted by Crippen LogP contribution is 2.44. The molecule has 4 rings (SSSR count). The predicted octanol–water partition coefficient (Wildman–Crippen LogP) is 3.99. The maximum Gasteiger partial charge on any atom is 0.340 e. The Bertz CT molecular complexity index is 1070. The van der Waals surface area contributed by atoms with Crippen LogP contribution in [0.1, 0.15) is 64.6 Å². The van der Waals surface area contributed by atoms with Crippen molar-refractivity contribution in [2.24, 2.45) is 11.8 Å². The highest BCUT2D eigenvalue weighted by molar-refractivity contribution is 5.94. The van der Waals surface area contributed by atoms with E-state index in [0.29, 0.717) is 18.1 Å². The molecular formula is C26H32N2O6. The third-order valence-electron chi connectivity index (χ3n) is 6.82. The molecule has 0 bridgehead atoms. The molecule has 0 radical (unpaired) electrons. The van der Waals surface area contributed by atoms with E-state index in [1.54, 1.807) is 14.2 Å². The third kappa shape index (κ3) is 4.87. The number of ether oxygens (including phenoxy) is 3. The maximum absolute atomic E-state index is 13.0. The van der Waals surface area contributed by atoms with Gasteiger partial charge in [0.25, 0.3) is 0 Å². The summed E-state index contributed by atoms with van der Waals surface area (Å²) in [4.78, 5) is 30.7. The van der Waals surface area contributed by atoms with Crippen LogP contribution in [0.25, 0.3) is 0 Å². The molecule has 2 aliphatic heterocycles. The van der Waals surface area contributed by atoms with Crippen molar-refractivity contribution < 1.29 is 28.9 Å². The summed E-state index contributed by atoms with van der Waals surface area (Å²) in [7, 11) is 3.27. The number of carbonyl (C=O) groups excluding carboxylic acids is 1. The quantitative estimate of drug-likeness (QED) is 0.609. The van der Waals surface area contributed by atoms with Gasteiger partial charge in [-0.15, -0.1) is 0 Å². The molecule has 1 saturated heterocycles. The second-order valence-electron chi connectivity index (χ2n) is 9.50. The number of aromatic nitrogens is 1. The fourth-order valence-corrected chi connectivity index (χ4v) is 5.26. The number of benzene rings is 1. The first-order valence-corrected chi connectivity index (χ1v) is 11.7. The number of fused-ring (bicyclic) bond motifs is 3. The van der Waals surface area contributed by atoms with E-state index in [4.69, 9.17) is 14.2 Å². The molecule has 2 aliphatic rings. The van der Waals surface area contributed by atoms with Crippen LogP contribution >= 0.6 is 0 Å². The summed E-state index contributed by atoms with van der Waals surface area (Å²) in [6.45, 7) is 6.12. The first kappa shape index (κ1) is 24.0. The van der Waals surface area contributed by atoms with E-state index < -0.39 is 11.9 Å². The number of methoxy groups -OCH3 is 2. The number of pyridine rings is 1. The molecule has 0 amide bonds. The van der Waals surface area contributed by atoms with Gasteiger partial charge in [0.05, 0.1) is 25.3 Å². The van der Waals surface area contributed by atoms with Crippen molar-refractivity contribution in [3.8, 4) is 11.5 Å². The van der Waals surface area contributed by atoms with Gasteiger partial charge in [-0.2, -0.15) is 0 Å². The molecule has 8 heteroatoms. The Kier molecular flexibility index (Phi) is 7.07. The van der Waals surface area contributed by atoms with Gasteiger partial charge in [-0.1, -0.05) is 13.8 Å². The van der Waals surface area contributed by atoms with Gasteiger partial charge in [0.15, 0.2) is 11.5 Å². The highest BCUT2D eigenvalue weighted by Gasteiger charge is 2.41. The Morgan fingerprint density at radius 1 is 1.12 bits per heavy atom. The summed E-state index contributed by atoms with van der Waals surface area (Å²) in [5.41, 5.74) is 2.53. The van der Waals surface area contributed by atoms with Crippen molar-refractivity contribution >= 4 is 11.9 Å². The maximum atomic E-state index is 13.0. The first-order valence-electron chi connectivity index (χ1n) is 11.7. The Balaban J connectivity index is 1.62. The molecule has 0 aliphatic carbocycles. The zero-order valence-electron chi connectivity index (χ0n) is 20.1. The van der Waals surface area contributed by atoms with Gasteiger partial charge >= 0.3 is 11.9 Å². The van der Waals surface area contributed by atoms with Crippen LogP contribution in [0.15, 0.2) is 30.6 Å². The molecule has 0 spiro atoms. The summed E-state index contributed by atoms with van der Waals surface area (Å²) < 4.78 is 17.1. The number of carboxylic acids is 1. The summed E-state index contributed by atoms with van der Waals surface area (Å²) >= 11 is 0. The number of carboxylic acid groups (broad SMARTS) is 1. The van der Waals surface area contributed by atoms with Crippen molar-refractivity contribution in [1.82, 2.24) is 9.88 Å². The molecule has 8 nitrogen and oxygen atoms in total. The lowest BCUT2D eigenvalue weighted by Gasteiger charge is -2.47. The molecule has 1 N–H and O–H groups in total. The molecule has 0 saturated carbocycles. The zero-order chi connectivity index (χ0) is 24.4. The number of piperidine rings is 1. The molecule has 3 atom stereocenters. The van der Waals surface area contributed by atoms with E-state index >= 15 is 0 Å². The fourth-order valence-electron chi connectivity index (χ4n) is 5.26. The van der Waals surface area contributed by atoms with Crippen LogP contribution in [-0.4, -0.2) is 60.3 Å². The standard InChI is InChI=1S/C26H32N2O6/c1-15(2)7-19-14-28-6-5-16-9-23(32-3)24(33-4)10-20(16)21(28)11-22(19)34-26(31)18-8-17(25(29)30)12-27-13-18/h8-10,12-13,15,19,21-22H,5-7,11,14H2,1-4H3,(H,29,30)/t19-,21-,22-/m1/s1. The Labute approximate surface area is 199 Å². The fraction of sp³-hybridized carbons (Fsp3) is 0.500. The number of rotatable bonds is 7. The van der Waals surface area contributed by atoms with Gasteiger partial charge in [0, 0.05) is 43.9 Å². The van der Waals surface area contributed by atoms with Crippen LogP contribution in [0, 0.1) is 11.8 Å². The van der Waals surface area contributed by atoms with Crippen molar-refractivity contribution in [3.63, 3.8) is 0 Å². The van der Waals surface area contributed by atoms with Gasteiger partial charge in [0.2, 0.25) is 0 Å². The minimum absolute atomic E-state index is 0.0368. The van der Waals surface area contributed by atoms with Crippen LogP contribution in [0.3, 0.4) is 0 Å². The van der Waals surface area contributed by atoms with Crippen LogP contribution in [-0.2, 0) is 11.2 Å².